The van der Waals surface area contributed by atoms with Crippen LogP contribution in [0.3, 0.4) is 0 Å². The first-order valence-corrected chi connectivity index (χ1v) is 6.71. The molecule has 1 N–H and O–H groups in total. The van der Waals surface area contributed by atoms with E-state index >= 15 is 0 Å². The lowest BCUT2D eigenvalue weighted by molar-refractivity contribution is 0.188. The van der Waals surface area contributed by atoms with Crippen LogP contribution >= 0.6 is 11.6 Å². The fraction of sp³-hybridized carbons (Fsp3) is 0.571. The molecule has 1 atom stereocenters. The number of hydrogen-bond acceptors (Lipinski definition) is 2. The van der Waals surface area contributed by atoms with Crippen LogP contribution in [-0.2, 0) is 6.54 Å². The number of rotatable bonds is 3. The molecule has 1 aliphatic rings. The Labute approximate surface area is 109 Å². The fourth-order valence-corrected chi connectivity index (χ4v) is 2.75. The van der Waals surface area contributed by atoms with E-state index in [0.717, 1.165) is 18.1 Å². The fourth-order valence-electron chi connectivity index (χ4n) is 2.46. The van der Waals surface area contributed by atoms with Crippen molar-refractivity contribution in [1.29, 1.82) is 0 Å². The zero-order valence-corrected chi connectivity index (χ0v) is 11.4. The summed E-state index contributed by atoms with van der Waals surface area (Å²) in [5.41, 5.74) is 2.47. The van der Waals surface area contributed by atoms with E-state index in [1.165, 1.54) is 30.5 Å². The summed E-state index contributed by atoms with van der Waals surface area (Å²) in [5.74, 6) is 0. The molecule has 1 aromatic carbocycles. The molecule has 17 heavy (non-hydrogen) atoms. The Morgan fingerprint density at radius 3 is 3.00 bits per heavy atom. The Morgan fingerprint density at radius 2 is 2.29 bits per heavy atom. The van der Waals surface area contributed by atoms with Gasteiger partial charge in [0.1, 0.15) is 0 Å². The zero-order chi connectivity index (χ0) is 12.3. The summed E-state index contributed by atoms with van der Waals surface area (Å²) < 4.78 is 0. The van der Waals surface area contributed by atoms with Crippen LogP contribution in [0.4, 0.5) is 0 Å². The maximum atomic E-state index is 6.28. The number of halogens is 1. The summed E-state index contributed by atoms with van der Waals surface area (Å²) in [6, 6.07) is 6.98. The second-order valence-electron chi connectivity index (χ2n) is 4.96. The Kier molecular flexibility index (Phi) is 4.43. The number of benzene rings is 1. The number of aryl methyl sites for hydroxylation is 1. The zero-order valence-electron chi connectivity index (χ0n) is 10.7. The lowest BCUT2D eigenvalue weighted by Gasteiger charge is -2.32. The van der Waals surface area contributed by atoms with E-state index in [2.05, 4.69) is 35.3 Å². The molecule has 94 valence electrons. The molecule has 1 unspecified atom stereocenters. The third kappa shape index (κ3) is 3.44. The van der Waals surface area contributed by atoms with Crippen molar-refractivity contribution < 1.29 is 0 Å². The number of likely N-dealkylation sites (N-methyl/N-ethyl adjacent to an activating group) is 1. The number of piperidine rings is 1. The van der Waals surface area contributed by atoms with Crippen molar-refractivity contribution in [3.63, 3.8) is 0 Å². The molecule has 1 aliphatic heterocycles. The largest absolute Gasteiger partial charge is 0.316 e. The van der Waals surface area contributed by atoms with Gasteiger partial charge in [0.2, 0.25) is 0 Å². The SMILES string of the molecule is CNC1CCCN(Cc2ccc(C)cc2Cl)C1. The van der Waals surface area contributed by atoms with Gasteiger partial charge in [-0.15, -0.1) is 0 Å². The lowest BCUT2D eigenvalue weighted by Crippen LogP contribution is -2.43. The van der Waals surface area contributed by atoms with Crippen molar-refractivity contribution in [2.75, 3.05) is 20.1 Å². The summed E-state index contributed by atoms with van der Waals surface area (Å²) in [4.78, 5) is 2.49. The van der Waals surface area contributed by atoms with Crippen molar-refractivity contribution in [3.05, 3.63) is 34.3 Å². The molecule has 0 bridgehead atoms. The molecule has 1 aromatic rings. The van der Waals surface area contributed by atoms with Crippen LogP contribution < -0.4 is 5.32 Å². The van der Waals surface area contributed by atoms with Gasteiger partial charge in [0.25, 0.3) is 0 Å². The minimum atomic E-state index is 0.632. The second-order valence-corrected chi connectivity index (χ2v) is 5.37. The highest BCUT2D eigenvalue weighted by Gasteiger charge is 2.18. The topological polar surface area (TPSA) is 15.3 Å². The minimum Gasteiger partial charge on any atom is -0.316 e. The number of likely N-dealkylation sites (tertiary alicyclic amines) is 1. The monoisotopic (exact) mass is 252 g/mol. The summed E-state index contributed by atoms with van der Waals surface area (Å²) in [6.45, 7) is 5.36. The number of nitrogens with one attached hydrogen (secondary N) is 1. The Hall–Kier alpha value is -0.570. The van der Waals surface area contributed by atoms with Crippen LogP contribution in [0.25, 0.3) is 0 Å². The average Bonchev–Trinajstić information content (AvgIpc) is 2.33. The maximum Gasteiger partial charge on any atom is 0.0453 e. The highest BCUT2D eigenvalue weighted by Crippen LogP contribution is 2.21. The first-order valence-electron chi connectivity index (χ1n) is 6.33. The lowest BCUT2D eigenvalue weighted by atomic mass is 10.0. The van der Waals surface area contributed by atoms with Crippen molar-refractivity contribution >= 4 is 11.6 Å². The van der Waals surface area contributed by atoms with E-state index in [0.29, 0.717) is 6.04 Å². The van der Waals surface area contributed by atoms with Gasteiger partial charge in [-0.3, -0.25) is 4.90 Å². The van der Waals surface area contributed by atoms with Gasteiger partial charge in [-0.1, -0.05) is 23.7 Å². The molecule has 0 saturated carbocycles. The molecule has 1 heterocycles. The van der Waals surface area contributed by atoms with Gasteiger partial charge in [-0.25, -0.2) is 0 Å². The van der Waals surface area contributed by atoms with Gasteiger partial charge >= 0.3 is 0 Å². The first kappa shape index (κ1) is 12.9. The summed E-state index contributed by atoms with van der Waals surface area (Å²) in [7, 11) is 2.05. The quantitative estimate of drug-likeness (QED) is 0.890. The van der Waals surface area contributed by atoms with E-state index < -0.39 is 0 Å². The first-order chi connectivity index (χ1) is 8.19. The summed E-state index contributed by atoms with van der Waals surface area (Å²) >= 11 is 6.28. The smallest absolute Gasteiger partial charge is 0.0453 e. The summed E-state index contributed by atoms with van der Waals surface area (Å²) in [6.07, 6.45) is 2.56. The van der Waals surface area contributed by atoms with Gasteiger partial charge in [0.05, 0.1) is 0 Å². The number of hydrogen-bond donors (Lipinski definition) is 1. The van der Waals surface area contributed by atoms with Crippen molar-refractivity contribution in [2.24, 2.45) is 0 Å². The highest BCUT2D eigenvalue weighted by atomic mass is 35.5. The standard InChI is InChI=1S/C14H21ClN2/c1-11-5-6-12(14(15)8-11)9-17-7-3-4-13(10-17)16-2/h5-6,8,13,16H,3-4,7,9-10H2,1-2H3. The van der Waals surface area contributed by atoms with Crippen LogP contribution in [-0.4, -0.2) is 31.1 Å². The molecule has 0 aromatic heterocycles. The van der Waals surface area contributed by atoms with Crippen LogP contribution in [0.5, 0.6) is 0 Å². The Morgan fingerprint density at radius 1 is 1.47 bits per heavy atom. The number of nitrogens with zero attached hydrogens (tertiary/aromatic N) is 1. The molecular weight excluding hydrogens is 232 g/mol. The molecule has 2 rings (SSSR count). The molecule has 1 fully saturated rings. The third-order valence-corrected chi connectivity index (χ3v) is 3.87. The van der Waals surface area contributed by atoms with Crippen LogP contribution in [0.15, 0.2) is 18.2 Å². The highest BCUT2D eigenvalue weighted by molar-refractivity contribution is 6.31. The van der Waals surface area contributed by atoms with Gasteiger partial charge in [-0.05, 0) is 50.6 Å². The van der Waals surface area contributed by atoms with Gasteiger partial charge in [0.15, 0.2) is 0 Å². The predicted octanol–water partition coefficient (Wildman–Crippen LogP) is 2.83. The van der Waals surface area contributed by atoms with Crippen molar-refractivity contribution in [1.82, 2.24) is 10.2 Å². The third-order valence-electron chi connectivity index (χ3n) is 3.52. The van der Waals surface area contributed by atoms with E-state index in [1.807, 2.05) is 7.05 Å². The van der Waals surface area contributed by atoms with Crippen LogP contribution in [0.1, 0.15) is 24.0 Å². The second kappa shape index (κ2) is 5.85. The Balaban J connectivity index is 2.00. The minimum absolute atomic E-state index is 0.632. The average molecular weight is 253 g/mol. The normalized spacial score (nSPS) is 21.7. The van der Waals surface area contributed by atoms with E-state index in [1.54, 1.807) is 0 Å². The summed E-state index contributed by atoms with van der Waals surface area (Å²) in [5, 5.41) is 4.27. The van der Waals surface area contributed by atoms with Gasteiger partial charge < -0.3 is 5.32 Å². The predicted molar refractivity (Wildman–Crippen MR) is 73.5 cm³/mol. The molecular formula is C14H21ClN2. The molecule has 0 aliphatic carbocycles. The van der Waals surface area contributed by atoms with E-state index in [4.69, 9.17) is 11.6 Å². The molecule has 2 nitrogen and oxygen atoms in total. The van der Waals surface area contributed by atoms with Crippen LogP contribution in [0.2, 0.25) is 5.02 Å². The van der Waals surface area contributed by atoms with E-state index in [9.17, 15) is 0 Å². The molecule has 0 radical (unpaired) electrons. The molecule has 0 spiro atoms. The van der Waals surface area contributed by atoms with Crippen LogP contribution in [0, 0.1) is 6.92 Å². The van der Waals surface area contributed by atoms with Gasteiger partial charge in [0, 0.05) is 24.2 Å². The molecule has 0 amide bonds. The Bertz CT molecular complexity index is 378. The maximum absolute atomic E-state index is 6.28. The van der Waals surface area contributed by atoms with Gasteiger partial charge in [-0.2, -0.15) is 0 Å². The molecule has 3 heteroatoms. The van der Waals surface area contributed by atoms with Crippen molar-refractivity contribution in [3.8, 4) is 0 Å². The molecule has 1 saturated heterocycles. The van der Waals surface area contributed by atoms with Crippen molar-refractivity contribution in [2.45, 2.75) is 32.4 Å². The van der Waals surface area contributed by atoms with E-state index in [-0.39, 0.29) is 0 Å².